The Morgan fingerprint density at radius 1 is 1.00 bits per heavy atom. The molecule has 1 saturated heterocycles. The summed E-state index contributed by atoms with van der Waals surface area (Å²) in [6, 6.07) is 2.43. The Hall–Kier alpha value is -4.58. The molecule has 6 N–H and O–H groups in total. The third kappa shape index (κ3) is 7.13. The van der Waals surface area contributed by atoms with E-state index in [2.05, 4.69) is 15.7 Å². The first-order chi connectivity index (χ1) is 20.5. The van der Waals surface area contributed by atoms with E-state index in [9.17, 15) is 40.3 Å². The zero-order valence-electron chi connectivity index (χ0n) is 23.2. The summed E-state index contributed by atoms with van der Waals surface area (Å²) >= 11 is 0. The monoisotopic (exact) mass is 632 g/mol. The van der Waals surface area contributed by atoms with Crippen LogP contribution in [0.4, 0.5) is 52.7 Å². The minimum atomic E-state index is -4.82. The molecule has 2 heterocycles. The number of nitrogens with one attached hydrogen (secondary N) is 2. The fourth-order valence-corrected chi connectivity index (χ4v) is 4.30. The molecule has 44 heavy (non-hydrogen) atoms. The standard InChI is InChI=1S/C26H27F7N8O3/c1-13(25(28,29)30)41-22(34)20(23(35)42)21(38-41)14-3-5-18(17(27)11-14)37-24(43)36-15-4-6-19(16(12-15)26(31,32)33)44-40-9-7-39(2)8-10-40/h3-6,11-13H,7-10,34H2,1-2H3,(H2,35,42)(H2,36,37,43)/t13-/m1/s1. The van der Waals surface area contributed by atoms with Crippen LogP contribution in [0.25, 0.3) is 11.3 Å². The minimum absolute atomic E-state index is 0.187. The Labute approximate surface area is 245 Å². The number of piperazine rings is 1. The number of carbonyl (C=O) groups excluding carboxylic acids is 2. The fourth-order valence-electron chi connectivity index (χ4n) is 4.30. The summed E-state index contributed by atoms with van der Waals surface area (Å²) in [5.41, 5.74) is 7.93. The number of hydrogen-bond donors (Lipinski definition) is 4. The van der Waals surface area contributed by atoms with Gasteiger partial charge in [0.1, 0.15) is 34.5 Å². The van der Waals surface area contributed by atoms with Crippen molar-refractivity contribution in [1.29, 1.82) is 0 Å². The molecule has 0 aliphatic carbocycles. The summed E-state index contributed by atoms with van der Waals surface area (Å²) in [4.78, 5) is 31.9. The molecule has 0 saturated carbocycles. The number of rotatable bonds is 7. The van der Waals surface area contributed by atoms with Gasteiger partial charge in [-0.05, 0) is 44.3 Å². The number of urea groups is 1. The maximum atomic E-state index is 15.0. The summed E-state index contributed by atoms with van der Waals surface area (Å²) in [5.74, 6) is -3.47. The van der Waals surface area contributed by atoms with E-state index in [-0.39, 0.29) is 11.3 Å². The highest BCUT2D eigenvalue weighted by atomic mass is 19.4. The molecule has 0 unspecified atom stereocenters. The molecule has 1 aromatic heterocycles. The largest absolute Gasteiger partial charge is 0.420 e. The number of primary amides is 1. The molecule has 1 aliphatic rings. The number of nitrogens with zero attached hydrogens (tertiary/aromatic N) is 4. The summed E-state index contributed by atoms with van der Waals surface area (Å²) in [6.07, 6.45) is -9.60. The number of hydrogen-bond acceptors (Lipinski definition) is 7. The van der Waals surface area contributed by atoms with Crippen molar-refractivity contribution < 1.29 is 45.2 Å². The van der Waals surface area contributed by atoms with Crippen molar-refractivity contribution in [3.63, 3.8) is 0 Å². The number of anilines is 3. The highest BCUT2D eigenvalue weighted by molar-refractivity contribution is 6.04. The number of aromatic nitrogens is 2. The van der Waals surface area contributed by atoms with Crippen molar-refractivity contribution >= 4 is 29.1 Å². The van der Waals surface area contributed by atoms with Gasteiger partial charge in [-0.1, -0.05) is 6.07 Å². The normalized spacial score (nSPS) is 15.6. The number of amides is 3. The number of benzene rings is 2. The van der Waals surface area contributed by atoms with E-state index in [4.69, 9.17) is 16.3 Å². The molecule has 0 bridgehead atoms. The molecule has 18 heteroatoms. The fraction of sp³-hybridized carbons (Fsp3) is 0.346. The summed E-state index contributed by atoms with van der Waals surface area (Å²) in [5, 5.41) is 9.44. The molecule has 2 aromatic carbocycles. The van der Waals surface area contributed by atoms with Crippen molar-refractivity contribution in [3.05, 3.63) is 53.3 Å². The summed E-state index contributed by atoms with van der Waals surface area (Å²) in [7, 11) is 1.87. The minimum Gasteiger partial charge on any atom is -0.405 e. The van der Waals surface area contributed by atoms with E-state index in [1.807, 2.05) is 11.9 Å². The Bertz CT molecular complexity index is 1550. The van der Waals surface area contributed by atoms with E-state index in [0.717, 1.165) is 31.2 Å². The second-order valence-electron chi connectivity index (χ2n) is 9.94. The highest BCUT2D eigenvalue weighted by Crippen LogP contribution is 2.39. The first-order valence-corrected chi connectivity index (χ1v) is 12.9. The van der Waals surface area contributed by atoms with Gasteiger partial charge in [-0.2, -0.15) is 31.4 Å². The highest BCUT2D eigenvalue weighted by Gasteiger charge is 2.40. The van der Waals surface area contributed by atoms with Gasteiger partial charge in [0.15, 0.2) is 5.75 Å². The predicted molar refractivity (Wildman–Crippen MR) is 145 cm³/mol. The van der Waals surface area contributed by atoms with Gasteiger partial charge >= 0.3 is 18.4 Å². The van der Waals surface area contributed by atoms with Gasteiger partial charge in [0.05, 0.1) is 5.69 Å². The van der Waals surface area contributed by atoms with E-state index in [0.29, 0.717) is 36.9 Å². The van der Waals surface area contributed by atoms with Gasteiger partial charge in [0.2, 0.25) is 0 Å². The number of hydroxylamine groups is 2. The first kappa shape index (κ1) is 32.3. The van der Waals surface area contributed by atoms with Crippen molar-refractivity contribution in [2.75, 3.05) is 49.6 Å². The van der Waals surface area contributed by atoms with Crippen LogP contribution in [0.3, 0.4) is 0 Å². The second-order valence-corrected chi connectivity index (χ2v) is 9.94. The van der Waals surface area contributed by atoms with Gasteiger partial charge < -0.3 is 31.8 Å². The summed E-state index contributed by atoms with van der Waals surface area (Å²) < 4.78 is 96.4. The zero-order valence-corrected chi connectivity index (χ0v) is 23.2. The molecule has 0 radical (unpaired) electrons. The molecule has 1 aliphatic heterocycles. The Kier molecular flexibility index (Phi) is 8.96. The lowest BCUT2D eigenvalue weighted by atomic mass is 10.1. The maximum Gasteiger partial charge on any atom is 0.420 e. The van der Waals surface area contributed by atoms with Crippen LogP contribution in [0.5, 0.6) is 5.75 Å². The zero-order chi connectivity index (χ0) is 32.6. The third-order valence-electron chi connectivity index (χ3n) is 6.76. The van der Waals surface area contributed by atoms with Crippen LogP contribution >= 0.6 is 0 Å². The van der Waals surface area contributed by atoms with Gasteiger partial charge in [-0.3, -0.25) is 4.79 Å². The lowest BCUT2D eigenvalue weighted by Crippen LogP contribution is -2.46. The number of nitrogens with two attached hydrogens (primary N) is 2. The number of nitrogen functional groups attached to an aromatic ring is 1. The number of halogens is 7. The SMILES string of the molecule is C[C@@H](n1nc(-c2ccc(NC(=O)Nc3ccc(ON4CCN(C)CC4)c(C(F)(F)F)c3)c(F)c2)c(C(N)=O)c1N)C(F)(F)F. The van der Waals surface area contributed by atoms with Gasteiger partial charge in [0.25, 0.3) is 5.91 Å². The molecule has 1 atom stereocenters. The number of likely N-dealkylation sites (N-methyl/N-ethyl adjacent to an activating group) is 1. The van der Waals surface area contributed by atoms with E-state index in [1.54, 1.807) is 0 Å². The quantitative estimate of drug-likeness (QED) is 0.277. The van der Waals surface area contributed by atoms with Crippen molar-refractivity contribution in [3.8, 4) is 17.0 Å². The molecule has 3 aromatic rings. The predicted octanol–water partition coefficient (Wildman–Crippen LogP) is 4.70. The van der Waals surface area contributed by atoms with Gasteiger partial charge in [-0.25, -0.2) is 13.9 Å². The van der Waals surface area contributed by atoms with Crippen LogP contribution in [0, 0.1) is 5.82 Å². The summed E-state index contributed by atoms with van der Waals surface area (Å²) in [6.45, 7) is 2.70. The van der Waals surface area contributed by atoms with E-state index in [1.165, 1.54) is 11.1 Å². The average Bonchev–Trinajstić information content (AvgIpc) is 3.27. The van der Waals surface area contributed by atoms with Crippen LogP contribution in [0.1, 0.15) is 28.9 Å². The molecule has 11 nitrogen and oxygen atoms in total. The molecule has 3 amide bonds. The molecule has 238 valence electrons. The Morgan fingerprint density at radius 2 is 1.66 bits per heavy atom. The lowest BCUT2D eigenvalue weighted by molar-refractivity contribution is -0.164. The molecular formula is C26H27F7N8O3. The van der Waals surface area contributed by atoms with Gasteiger partial charge in [0, 0.05) is 37.4 Å². The number of carbonyl (C=O) groups is 2. The number of alkyl halides is 6. The van der Waals surface area contributed by atoms with Crippen molar-refractivity contribution in [2.24, 2.45) is 5.73 Å². The van der Waals surface area contributed by atoms with Crippen LogP contribution in [0.2, 0.25) is 0 Å². The second kappa shape index (κ2) is 12.2. The van der Waals surface area contributed by atoms with Crippen LogP contribution in [-0.4, -0.2) is 71.1 Å². The third-order valence-corrected chi connectivity index (χ3v) is 6.76. The van der Waals surface area contributed by atoms with Crippen LogP contribution in [-0.2, 0) is 6.18 Å². The van der Waals surface area contributed by atoms with Crippen molar-refractivity contribution in [2.45, 2.75) is 25.3 Å². The smallest absolute Gasteiger partial charge is 0.405 e. The van der Waals surface area contributed by atoms with E-state index >= 15 is 0 Å². The van der Waals surface area contributed by atoms with Crippen molar-refractivity contribution in [1.82, 2.24) is 19.7 Å². The molecule has 0 spiro atoms. The topological polar surface area (TPSA) is 144 Å². The Morgan fingerprint density at radius 3 is 2.23 bits per heavy atom. The van der Waals surface area contributed by atoms with Gasteiger partial charge in [-0.15, -0.1) is 5.06 Å². The first-order valence-electron chi connectivity index (χ1n) is 12.9. The average molecular weight is 633 g/mol. The van der Waals surface area contributed by atoms with E-state index < -0.39 is 70.2 Å². The Balaban J connectivity index is 1.52. The lowest BCUT2D eigenvalue weighted by Gasteiger charge is -2.32. The maximum absolute atomic E-state index is 15.0. The van der Waals surface area contributed by atoms with Crippen LogP contribution in [0.15, 0.2) is 36.4 Å². The molecule has 4 rings (SSSR count). The van der Waals surface area contributed by atoms with Crippen LogP contribution < -0.4 is 26.9 Å². The molecule has 1 fully saturated rings. The molecular weight excluding hydrogens is 605 g/mol.